The molecule has 0 aliphatic heterocycles. The summed E-state index contributed by atoms with van der Waals surface area (Å²) in [6.07, 6.45) is 1.89. The van der Waals surface area contributed by atoms with Gasteiger partial charge in [-0.2, -0.15) is 0 Å². The maximum Gasteiger partial charge on any atom is 0.0889 e. The number of pyridine rings is 2. The van der Waals surface area contributed by atoms with Crippen molar-refractivity contribution >= 4 is 75.3 Å². The Balaban J connectivity index is 0.942. The highest BCUT2D eigenvalue weighted by atomic mass is 32.1. The highest BCUT2D eigenvalue weighted by molar-refractivity contribution is 7.25. The van der Waals surface area contributed by atoms with Crippen LogP contribution >= 0.6 is 11.3 Å². The first kappa shape index (κ1) is 35.6. The summed E-state index contributed by atoms with van der Waals surface area (Å²) in [5.41, 5.74) is 16.7. The summed E-state index contributed by atoms with van der Waals surface area (Å²) < 4.78 is 7.28. The summed E-state index contributed by atoms with van der Waals surface area (Å²) in [4.78, 5) is 9.96. The molecule has 0 unspecified atom stereocenters. The van der Waals surface area contributed by atoms with Crippen molar-refractivity contribution < 1.29 is 0 Å². The fraction of sp³-hybridized carbons (Fsp3) is 0. The number of rotatable bonds is 6. The van der Waals surface area contributed by atoms with Gasteiger partial charge in [-0.15, -0.1) is 11.3 Å². The predicted octanol–water partition coefficient (Wildman–Crippen LogP) is 15.7. The van der Waals surface area contributed by atoms with Gasteiger partial charge in [0, 0.05) is 54.6 Å². The fourth-order valence-electron chi connectivity index (χ4n) is 9.62. The van der Waals surface area contributed by atoms with Crippen LogP contribution in [0.4, 0.5) is 0 Å². The topological polar surface area (TPSA) is 35.6 Å². The molecule has 0 saturated carbocycles. The van der Waals surface area contributed by atoms with Crippen molar-refractivity contribution in [2.24, 2.45) is 0 Å². The fourth-order valence-corrected chi connectivity index (χ4v) is 10.7. The van der Waals surface area contributed by atoms with E-state index in [0.717, 1.165) is 56.0 Å². The SMILES string of the molecule is c1ccc(-c2cc(-n3c4ccccc4c4ccc(-c5cccc(-c6ccc7c(c6)c6ccccc6n7-c6ccc7sc8cccnc8c7c6)c5)cc43)cc(-c3ccccc3)n2)cc1. The molecule has 294 valence electrons. The summed E-state index contributed by atoms with van der Waals surface area (Å²) in [6, 6.07) is 76.7. The van der Waals surface area contributed by atoms with E-state index in [1.807, 2.05) is 12.3 Å². The summed E-state index contributed by atoms with van der Waals surface area (Å²) in [6.45, 7) is 0. The van der Waals surface area contributed by atoms with Gasteiger partial charge in [-0.3, -0.25) is 4.98 Å². The molecule has 0 N–H and O–H groups in total. The van der Waals surface area contributed by atoms with E-state index in [1.54, 1.807) is 11.3 Å². The van der Waals surface area contributed by atoms with Crippen molar-refractivity contribution in [2.45, 2.75) is 0 Å². The Morgan fingerprint density at radius 3 is 1.62 bits per heavy atom. The van der Waals surface area contributed by atoms with Gasteiger partial charge in [0.1, 0.15) is 0 Å². The Hall–Kier alpha value is -8.12. The minimum absolute atomic E-state index is 0.941. The van der Waals surface area contributed by atoms with E-state index in [1.165, 1.54) is 64.1 Å². The number of hydrogen-bond donors (Lipinski definition) is 0. The van der Waals surface area contributed by atoms with Crippen LogP contribution in [-0.2, 0) is 0 Å². The summed E-state index contributed by atoms with van der Waals surface area (Å²) in [7, 11) is 0. The highest BCUT2D eigenvalue weighted by Crippen LogP contribution is 2.40. The smallest absolute Gasteiger partial charge is 0.0889 e. The molecule has 5 heterocycles. The molecule has 4 nitrogen and oxygen atoms in total. The Kier molecular flexibility index (Phi) is 8.05. The second-order valence-corrected chi connectivity index (χ2v) is 17.3. The molecular formula is C58H36N4S. The molecule has 0 radical (unpaired) electrons. The Morgan fingerprint density at radius 1 is 0.317 bits per heavy atom. The van der Waals surface area contributed by atoms with Crippen molar-refractivity contribution in [1.82, 2.24) is 19.1 Å². The predicted molar refractivity (Wildman–Crippen MR) is 265 cm³/mol. The quantitative estimate of drug-likeness (QED) is 0.167. The van der Waals surface area contributed by atoms with Gasteiger partial charge in [0.15, 0.2) is 0 Å². The molecule has 0 spiro atoms. The largest absolute Gasteiger partial charge is 0.309 e. The molecular weight excluding hydrogens is 785 g/mol. The number of fused-ring (bicyclic) bond motifs is 9. The maximum absolute atomic E-state index is 5.20. The van der Waals surface area contributed by atoms with Gasteiger partial charge in [-0.05, 0) is 101 Å². The van der Waals surface area contributed by atoms with Crippen LogP contribution in [0.3, 0.4) is 0 Å². The molecule has 5 aromatic heterocycles. The molecule has 0 atom stereocenters. The minimum atomic E-state index is 0.941. The molecule has 13 aromatic rings. The van der Waals surface area contributed by atoms with E-state index in [-0.39, 0.29) is 0 Å². The van der Waals surface area contributed by atoms with Gasteiger partial charge < -0.3 is 9.13 Å². The number of nitrogens with zero attached hydrogens (tertiary/aromatic N) is 4. The third kappa shape index (κ3) is 5.82. The molecule has 8 aromatic carbocycles. The van der Waals surface area contributed by atoms with Crippen molar-refractivity contribution in [3.63, 3.8) is 0 Å². The maximum atomic E-state index is 5.20. The van der Waals surface area contributed by atoms with Gasteiger partial charge >= 0.3 is 0 Å². The first-order valence-corrected chi connectivity index (χ1v) is 22.1. The van der Waals surface area contributed by atoms with E-state index in [2.05, 4.69) is 215 Å². The lowest BCUT2D eigenvalue weighted by molar-refractivity contribution is 1.16. The van der Waals surface area contributed by atoms with E-state index in [9.17, 15) is 0 Å². The normalized spacial score (nSPS) is 11.8. The molecule has 0 aliphatic rings. The van der Waals surface area contributed by atoms with Crippen LogP contribution in [0.15, 0.2) is 219 Å². The zero-order valence-electron chi connectivity index (χ0n) is 34.0. The van der Waals surface area contributed by atoms with Crippen LogP contribution < -0.4 is 0 Å². The Labute approximate surface area is 367 Å². The second-order valence-electron chi connectivity index (χ2n) is 16.2. The van der Waals surface area contributed by atoms with Crippen LogP contribution in [0.25, 0.3) is 120 Å². The Morgan fingerprint density at radius 2 is 0.889 bits per heavy atom. The second kappa shape index (κ2) is 14.2. The van der Waals surface area contributed by atoms with Gasteiger partial charge in [-0.25, -0.2) is 4.98 Å². The van der Waals surface area contributed by atoms with Crippen molar-refractivity contribution in [3.8, 4) is 56.1 Å². The van der Waals surface area contributed by atoms with E-state index >= 15 is 0 Å². The van der Waals surface area contributed by atoms with Crippen LogP contribution in [0, 0.1) is 0 Å². The van der Waals surface area contributed by atoms with Crippen molar-refractivity contribution in [2.75, 3.05) is 0 Å². The molecule has 63 heavy (non-hydrogen) atoms. The molecule has 0 saturated heterocycles. The Bertz CT molecular complexity index is 3860. The lowest BCUT2D eigenvalue weighted by atomic mass is 9.97. The van der Waals surface area contributed by atoms with Crippen LogP contribution in [0.1, 0.15) is 0 Å². The van der Waals surface area contributed by atoms with Gasteiger partial charge in [0.05, 0.1) is 49.4 Å². The van der Waals surface area contributed by atoms with Crippen molar-refractivity contribution in [3.05, 3.63) is 219 Å². The zero-order chi connectivity index (χ0) is 41.4. The number of hydrogen-bond acceptors (Lipinski definition) is 3. The number of aromatic nitrogens is 4. The summed E-state index contributed by atoms with van der Waals surface area (Å²) >= 11 is 1.80. The summed E-state index contributed by atoms with van der Waals surface area (Å²) in [5.74, 6) is 0. The average Bonchev–Trinajstić information content (AvgIpc) is 4.01. The number of para-hydroxylation sites is 2. The third-order valence-electron chi connectivity index (χ3n) is 12.6. The number of benzene rings is 8. The molecule has 0 bridgehead atoms. The molecule has 0 amide bonds. The first-order chi connectivity index (χ1) is 31.2. The zero-order valence-corrected chi connectivity index (χ0v) is 34.8. The molecule has 5 heteroatoms. The minimum Gasteiger partial charge on any atom is -0.309 e. The molecule has 0 fully saturated rings. The molecule has 0 aliphatic carbocycles. The van der Waals surface area contributed by atoms with E-state index in [4.69, 9.17) is 9.97 Å². The lowest BCUT2D eigenvalue weighted by Crippen LogP contribution is -1.98. The van der Waals surface area contributed by atoms with Crippen LogP contribution in [0.5, 0.6) is 0 Å². The van der Waals surface area contributed by atoms with E-state index in [0.29, 0.717) is 0 Å². The third-order valence-corrected chi connectivity index (χ3v) is 13.7. The first-order valence-electron chi connectivity index (χ1n) is 21.3. The lowest BCUT2D eigenvalue weighted by Gasteiger charge is -2.14. The van der Waals surface area contributed by atoms with Crippen molar-refractivity contribution in [1.29, 1.82) is 0 Å². The number of thiophene rings is 1. The van der Waals surface area contributed by atoms with Gasteiger partial charge in [-0.1, -0.05) is 133 Å². The van der Waals surface area contributed by atoms with E-state index < -0.39 is 0 Å². The molecule has 13 rings (SSSR count). The van der Waals surface area contributed by atoms with Gasteiger partial charge in [0.2, 0.25) is 0 Å². The van der Waals surface area contributed by atoms with Crippen LogP contribution in [0.2, 0.25) is 0 Å². The highest BCUT2D eigenvalue weighted by Gasteiger charge is 2.18. The standard InChI is InChI=1S/C58H36N4S/c1-3-13-37(14-4-1)50-35-44(36-51(60-50)38-15-5-2-6-16-38)62-52-21-9-7-19-45(52)47-27-24-42(33-55(47)62)40-18-11-17-39(31-40)41-25-28-54-48(32-41)46-20-8-10-22-53(46)61(54)43-26-29-56-49(34-43)58-57(63-56)23-12-30-59-58/h1-36H. The van der Waals surface area contributed by atoms with Crippen LogP contribution in [-0.4, -0.2) is 19.1 Å². The monoisotopic (exact) mass is 820 g/mol. The summed E-state index contributed by atoms with van der Waals surface area (Å²) in [5, 5.41) is 6.10. The van der Waals surface area contributed by atoms with Gasteiger partial charge in [0.25, 0.3) is 0 Å². The average molecular weight is 821 g/mol.